The van der Waals surface area contributed by atoms with Crippen LogP contribution in [-0.2, 0) is 7.05 Å². The fraction of sp³-hybridized carbons (Fsp3) is 0.462. The first-order chi connectivity index (χ1) is 7.40. The van der Waals surface area contributed by atoms with E-state index in [2.05, 4.69) is 17.2 Å². The number of aryl methyl sites for hydroxylation is 1. The number of hydrogen-bond acceptors (Lipinski definition) is 1. The largest absolute Gasteiger partial charge is 0.347 e. The molecule has 0 spiro atoms. The Hall–Kier alpha value is -1.69. The Labute approximate surface area is 96.8 Å². The molecule has 0 radical (unpaired) electrons. The van der Waals surface area contributed by atoms with Crippen molar-refractivity contribution >= 4 is 5.91 Å². The van der Waals surface area contributed by atoms with Crippen LogP contribution in [0.1, 0.15) is 31.3 Å². The molecule has 1 aromatic rings. The highest BCUT2D eigenvalue weighted by molar-refractivity contribution is 5.92. The van der Waals surface area contributed by atoms with Crippen molar-refractivity contribution in [3.8, 4) is 11.8 Å². The molecule has 1 aromatic heterocycles. The molecule has 1 heterocycles. The third kappa shape index (κ3) is 3.82. The third-order valence-corrected chi connectivity index (χ3v) is 1.98. The summed E-state index contributed by atoms with van der Waals surface area (Å²) in [5.74, 6) is 5.92. The zero-order valence-electron chi connectivity index (χ0n) is 10.3. The molecule has 0 aliphatic carbocycles. The summed E-state index contributed by atoms with van der Waals surface area (Å²) in [5, 5.41) is 2.77. The van der Waals surface area contributed by atoms with Gasteiger partial charge in [0.15, 0.2) is 0 Å². The minimum atomic E-state index is -0.0873. The van der Waals surface area contributed by atoms with Crippen molar-refractivity contribution in [2.75, 3.05) is 6.54 Å². The number of aromatic nitrogens is 1. The van der Waals surface area contributed by atoms with Crippen molar-refractivity contribution in [3.05, 3.63) is 24.0 Å². The average Bonchev–Trinajstić information content (AvgIpc) is 2.57. The second-order valence-corrected chi connectivity index (χ2v) is 4.74. The van der Waals surface area contributed by atoms with E-state index in [0.29, 0.717) is 12.2 Å². The van der Waals surface area contributed by atoms with E-state index in [1.165, 1.54) is 0 Å². The lowest BCUT2D eigenvalue weighted by atomic mass is 9.98. The Kier molecular flexibility index (Phi) is 3.78. The summed E-state index contributed by atoms with van der Waals surface area (Å²) in [6.45, 7) is 6.51. The number of carbonyl (C=O) groups excluding carboxylic acids is 1. The van der Waals surface area contributed by atoms with Crippen LogP contribution < -0.4 is 5.32 Å². The number of carbonyl (C=O) groups is 1. The molecule has 0 bridgehead atoms. The number of hydrogen-bond donors (Lipinski definition) is 1. The Balaban J connectivity index is 2.48. The molecule has 0 saturated heterocycles. The van der Waals surface area contributed by atoms with Gasteiger partial charge in [-0.1, -0.05) is 11.8 Å². The average molecular weight is 218 g/mol. The molecule has 1 rings (SSSR count). The first kappa shape index (κ1) is 12.4. The van der Waals surface area contributed by atoms with Crippen LogP contribution >= 0.6 is 0 Å². The highest BCUT2D eigenvalue weighted by Gasteiger charge is 2.07. The number of amides is 1. The Morgan fingerprint density at radius 1 is 1.50 bits per heavy atom. The van der Waals surface area contributed by atoms with E-state index in [9.17, 15) is 4.79 Å². The van der Waals surface area contributed by atoms with E-state index in [1.807, 2.05) is 40.1 Å². The topological polar surface area (TPSA) is 34.0 Å². The summed E-state index contributed by atoms with van der Waals surface area (Å²) >= 11 is 0. The molecule has 0 unspecified atom stereocenters. The second kappa shape index (κ2) is 4.89. The highest BCUT2D eigenvalue weighted by atomic mass is 16.1. The summed E-state index contributed by atoms with van der Waals surface area (Å²) in [5.41, 5.74) is 0.632. The van der Waals surface area contributed by atoms with Gasteiger partial charge in [-0.2, -0.15) is 0 Å². The zero-order chi connectivity index (χ0) is 12.2. The van der Waals surface area contributed by atoms with Gasteiger partial charge >= 0.3 is 0 Å². The molecule has 86 valence electrons. The van der Waals surface area contributed by atoms with E-state index in [1.54, 1.807) is 10.6 Å². The number of rotatable bonds is 2. The maximum absolute atomic E-state index is 11.7. The molecule has 1 amide bonds. The number of nitrogens with one attached hydrogen (secondary N) is 1. The van der Waals surface area contributed by atoms with Gasteiger partial charge in [-0.15, -0.1) is 0 Å². The van der Waals surface area contributed by atoms with E-state index >= 15 is 0 Å². The normalized spacial score (nSPS) is 10.5. The molecule has 0 fully saturated rings. The van der Waals surface area contributed by atoms with Gasteiger partial charge in [0.1, 0.15) is 5.69 Å². The molecular weight excluding hydrogens is 200 g/mol. The van der Waals surface area contributed by atoms with Crippen LogP contribution in [0.25, 0.3) is 0 Å². The molecule has 3 heteroatoms. The molecule has 0 aliphatic heterocycles. The molecule has 0 atom stereocenters. The lowest BCUT2D eigenvalue weighted by Crippen LogP contribution is -2.25. The zero-order valence-corrected chi connectivity index (χ0v) is 10.3. The Morgan fingerprint density at radius 2 is 2.19 bits per heavy atom. The third-order valence-electron chi connectivity index (χ3n) is 1.98. The van der Waals surface area contributed by atoms with Gasteiger partial charge in [-0.25, -0.2) is 0 Å². The van der Waals surface area contributed by atoms with Gasteiger partial charge in [-0.05, 0) is 32.9 Å². The van der Waals surface area contributed by atoms with Crippen LogP contribution in [0, 0.1) is 17.3 Å². The van der Waals surface area contributed by atoms with Gasteiger partial charge in [0.05, 0.1) is 6.54 Å². The Bertz CT molecular complexity index is 427. The lowest BCUT2D eigenvalue weighted by Gasteiger charge is -2.07. The van der Waals surface area contributed by atoms with Crippen molar-refractivity contribution in [2.45, 2.75) is 20.8 Å². The van der Waals surface area contributed by atoms with Crippen LogP contribution in [0.4, 0.5) is 0 Å². The predicted octanol–water partition coefficient (Wildman–Crippen LogP) is 1.80. The van der Waals surface area contributed by atoms with E-state index in [-0.39, 0.29) is 11.3 Å². The smallest absolute Gasteiger partial charge is 0.268 e. The molecular formula is C13H18N2O. The van der Waals surface area contributed by atoms with Gasteiger partial charge in [0, 0.05) is 18.7 Å². The maximum atomic E-state index is 11.7. The summed E-state index contributed by atoms with van der Waals surface area (Å²) in [6.07, 6.45) is 1.84. The molecule has 16 heavy (non-hydrogen) atoms. The van der Waals surface area contributed by atoms with Gasteiger partial charge in [0.25, 0.3) is 5.91 Å². The van der Waals surface area contributed by atoms with Crippen molar-refractivity contribution in [3.63, 3.8) is 0 Å². The predicted molar refractivity (Wildman–Crippen MR) is 65.0 cm³/mol. The quantitative estimate of drug-likeness (QED) is 0.755. The van der Waals surface area contributed by atoms with Crippen LogP contribution in [0.2, 0.25) is 0 Å². The molecule has 0 saturated carbocycles. The van der Waals surface area contributed by atoms with E-state index in [0.717, 1.165) is 0 Å². The van der Waals surface area contributed by atoms with E-state index < -0.39 is 0 Å². The first-order valence-corrected chi connectivity index (χ1v) is 5.30. The summed E-state index contributed by atoms with van der Waals surface area (Å²) in [4.78, 5) is 11.7. The lowest BCUT2D eigenvalue weighted by molar-refractivity contribution is 0.0950. The molecule has 0 aliphatic rings. The summed E-state index contributed by atoms with van der Waals surface area (Å²) in [7, 11) is 1.84. The van der Waals surface area contributed by atoms with Crippen LogP contribution in [0.15, 0.2) is 18.3 Å². The number of nitrogens with zero attached hydrogens (tertiary/aromatic N) is 1. The SMILES string of the molecule is Cn1cccc1C(=O)NCC#CC(C)(C)C. The molecule has 1 N–H and O–H groups in total. The summed E-state index contributed by atoms with van der Waals surface area (Å²) in [6, 6.07) is 3.63. The van der Waals surface area contributed by atoms with Gasteiger partial charge < -0.3 is 9.88 Å². The van der Waals surface area contributed by atoms with Gasteiger partial charge in [0.2, 0.25) is 0 Å². The first-order valence-electron chi connectivity index (χ1n) is 5.30. The molecule has 0 aromatic carbocycles. The van der Waals surface area contributed by atoms with Crippen LogP contribution in [-0.4, -0.2) is 17.0 Å². The van der Waals surface area contributed by atoms with Crippen molar-refractivity contribution in [1.82, 2.24) is 9.88 Å². The Morgan fingerprint density at radius 3 is 2.69 bits per heavy atom. The summed E-state index contributed by atoms with van der Waals surface area (Å²) < 4.78 is 1.78. The fourth-order valence-corrected chi connectivity index (χ4v) is 1.22. The highest BCUT2D eigenvalue weighted by Crippen LogP contribution is 2.09. The van der Waals surface area contributed by atoms with Crippen molar-refractivity contribution < 1.29 is 4.79 Å². The van der Waals surface area contributed by atoms with Crippen molar-refractivity contribution in [2.24, 2.45) is 12.5 Å². The van der Waals surface area contributed by atoms with Gasteiger partial charge in [-0.3, -0.25) is 4.79 Å². The minimum absolute atomic E-state index is 0.0182. The fourth-order valence-electron chi connectivity index (χ4n) is 1.22. The van der Waals surface area contributed by atoms with Crippen molar-refractivity contribution in [1.29, 1.82) is 0 Å². The molecule has 3 nitrogen and oxygen atoms in total. The van der Waals surface area contributed by atoms with Crippen LogP contribution in [0.3, 0.4) is 0 Å². The second-order valence-electron chi connectivity index (χ2n) is 4.74. The minimum Gasteiger partial charge on any atom is -0.347 e. The van der Waals surface area contributed by atoms with E-state index in [4.69, 9.17) is 0 Å². The standard InChI is InChI=1S/C13H18N2O/c1-13(2,3)8-6-9-14-12(16)11-7-5-10-15(11)4/h5,7,10H,9H2,1-4H3,(H,14,16). The maximum Gasteiger partial charge on any atom is 0.268 e. The monoisotopic (exact) mass is 218 g/mol. The van der Waals surface area contributed by atoms with Crippen LogP contribution in [0.5, 0.6) is 0 Å².